The van der Waals surface area contributed by atoms with Crippen molar-refractivity contribution in [2.24, 2.45) is 0 Å². The summed E-state index contributed by atoms with van der Waals surface area (Å²) in [6, 6.07) is 3.35. The number of halogens is 2. The third-order valence-electron chi connectivity index (χ3n) is 2.37. The van der Waals surface area contributed by atoms with Crippen LogP contribution in [-0.4, -0.2) is 19.0 Å². The minimum atomic E-state index is -0.841. The lowest BCUT2D eigenvalue weighted by Crippen LogP contribution is -2.13. The molecular formula is C13H16F2O2. The van der Waals surface area contributed by atoms with Crippen LogP contribution in [0, 0.1) is 11.6 Å². The fourth-order valence-electron chi connectivity index (χ4n) is 1.46. The number of unbranched alkanes of at least 4 members (excludes halogenated alkanes) is 2. The van der Waals surface area contributed by atoms with E-state index in [-0.39, 0.29) is 6.61 Å². The number of rotatable bonds is 7. The van der Waals surface area contributed by atoms with Crippen LogP contribution in [0.25, 0.3) is 0 Å². The zero-order valence-corrected chi connectivity index (χ0v) is 9.84. The average molecular weight is 242 g/mol. The third kappa shape index (κ3) is 4.23. The van der Waals surface area contributed by atoms with Gasteiger partial charge in [-0.15, -0.1) is 0 Å². The van der Waals surface area contributed by atoms with Gasteiger partial charge in [0.15, 0.2) is 5.78 Å². The van der Waals surface area contributed by atoms with Gasteiger partial charge in [-0.1, -0.05) is 25.8 Å². The van der Waals surface area contributed by atoms with Crippen LogP contribution in [0.3, 0.4) is 0 Å². The van der Waals surface area contributed by atoms with Gasteiger partial charge in [-0.3, -0.25) is 4.79 Å². The molecule has 0 unspecified atom stereocenters. The van der Waals surface area contributed by atoms with E-state index >= 15 is 0 Å². The van der Waals surface area contributed by atoms with E-state index in [2.05, 4.69) is 6.92 Å². The van der Waals surface area contributed by atoms with E-state index in [9.17, 15) is 13.6 Å². The number of ether oxygens (including phenoxy) is 1. The normalized spacial score (nSPS) is 10.5. The summed E-state index contributed by atoms with van der Waals surface area (Å²) < 4.78 is 31.5. The van der Waals surface area contributed by atoms with Gasteiger partial charge in [0.2, 0.25) is 0 Å². The summed E-state index contributed by atoms with van der Waals surface area (Å²) in [5.74, 6) is -2.34. The molecule has 94 valence electrons. The molecule has 1 rings (SSSR count). The average Bonchev–Trinajstić information content (AvgIpc) is 2.28. The fourth-order valence-corrected chi connectivity index (χ4v) is 1.46. The number of carbonyl (C=O) groups excluding carboxylic acids is 1. The Morgan fingerprint density at radius 2 is 1.88 bits per heavy atom. The predicted molar refractivity (Wildman–Crippen MR) is 61.0 cm³/mol. The summed E-state index contributed by atoms with van der Waals surface area (Å²) in [4.78, 5) is 11.5. The van der Waals surface area contributed by atoms with Gasteiger partial charge in [0, 0.05) is 6.61 Å². The molecule has 0 aliphatic carbocycles. The van der Waals surface area contributed by atoms with E-state index in [0.717, 1.165) is 31.4 Å². The fraction of sp³-hybridized carbons (Fsp3) is 0.462. The molecule has 0 aliphatic heterocycles. The van der Waals surface area contributed by atoms with Crippen LogP contribution in [0.1, 0.15) is 36.5 Å². The Bertz CT molecular complexity index is 357. The molecule has 0 N–H and O–H groups in total. The van der Waals surface area contributed by atoms with Crippen LogP contribution < -0.4 is 0 Å². The highest BCUT2D eigenvalue weighted by atomic mass is 19.1. The number of benzene rings is 1. The zero-order chi connectivity index (χ0) is 12.7. The molecule has 2 nitrogen and oxygen atoms in total. The number of hydrogen-bond donors (Lipinski definition) is 0. The van der Waals surface area contributed by atoms with Crippen molar-refractivity contribution >= 4 is 5.78 Å². The van der Waals surface area contributed by atoms with Crippen molar-refractivity contribution in [1.82, 2.24) is 0 Å². The predicted octanol–water partition coefficient (Wildman–Crippen LogP) is 3.35. The smallest absolute Gasteiger partial charge is 0.194 e. The Morgan fingerprint density at radius 1 is 1.24 bits per heavy atom. The van der Waals surface area contributed by atoms with Crippen molar-refractivity contribution in [3.05, 3.63) is 35.4 Å². The topological polar surface area (TPSA) is 26.3 Å². The summed E-state index contributed by atoms with van der Waals surface area (Å²) in [5, 5.41) is 0. The Hall–Kier alpha value is -1.29. The molecule has 0 bridgehead atoms. The first-order chi connectivity index (χ1) is 8.16. The SMILES string of the molecule is CCCCCOCC(=O)c1c(F)cccc1F. The molecule has 4 heteroatoms. The van der Waals surface area contributed by atoms with Gasteiger partial charge in [0.1, 0.15) is 18.2 Å². The molecule has 0 heterocycles. The molecule has 0 amide bonds. The minimum absolute atomic E-state index is 0.276. The third-order valence-corrected chi connectivity index (χ3v) is 2.37. The Morgan fingerprint density at radius 3 is 2.47 bits per heavy atom. The molecule has 1 aromatic rings. The van der Waals surface area contributed by atoms with Gasteiger partial charge in [-0.25, -0.2) is 8.78 Å². The van der Waals surface area contributed by atoms with Crippen LogP contribution in [0.15, 0.2) is 18.2 Å². The Labute approximate surface area is 99.6 Å². The van der Waals surface area contributed by atoms with E-state index in [1.807, 2.05) is 0 Å². The first kappa shape index (κ1) is 13.8. The summed E-state index contributed by atoms with van der Waals surface area (Å²) in [5.41, 5.74) is -0.511. The molecule has 1 aromatic carbocycles. The molecule has 0 spiro atoms. The molecule has 0 aromatic heterocycles. The van der Waals surface area contributed by atoms with Gasteiger partial charge in [0.25, 0.3) is 0 Å². The van der Waals surface area contributed by atoms with Gasteiger partial charge >= 0.3 is 0 Å². The summed E-state index contributed by atoms with van der Waals surface area (Å²) >= 11 is 0. The molecular weight excluding hydrogens is 226 g/mol. The number of ketones is 1. The van der Waals surface area contributed by atoms with Crippen LogP contribution in [-0.2, 0) is 4.74 Å². The van der Waals surface area contributed by atoms with Crippen molar-refractivity contribution in [2.75, 3.05) is 13.2 Å². The van der Waals surface area contributed by atoms with Crippen LogP contribution >= 0.6 is 0 Å². The summed E-state index contributed by atoms with van der Waals surface area (Å²) in [6.07, 6.45) is 2.92. The lowest BCUT2D eigenvalue weighted by atomic mass is 10.1. The largest absolute Gasteiger partial charge is 0.373 e. The van der Waals surface area contributed by atoms with Gasteiger partial charge in [0.05, 0.1) is 5.56 Å². The van der Waals surface area contributed by atoms with E-state index in [1.54, 1.807) is 0 Å². The Balaban J connectivity index is 2.47. The van der Waals surface area contributed by atoms with E-state index in [4.69, 9.17) is 4.74 Å². The number of hydrogen-bond acceptors (Lipinski definition) is 2. The highest BCUT2D eigenvalue weighted by Crippen LogP contribution is 2.12. The first-order valence-electron chi connectivity index (χ1n) is 5.71. The second-order valence-electron chi connectivity index (χ2n) is 3.78. The monoisotopic (exact) mass is 242 g/mol. The molecule has 0 saturated heterocycles. The van der Waals surface area contributed by atoms with Gasteiger partial charge < -0.3 is 4.74 Å². The Kier molecular flexibility index (Phi) is 5.77. The first-order valence-corrected chi connectivity index (χ1v) is 5.71. The summed E-state index contributed by atoms with van der Waals surface area (Å²) in [6.45, 7) is 2.22. The highest BCUT2D eigenvalue weighted by Gasteiger charge is 2.16. The lowest BCUT2D eigenvalue weighted by Gasteiger charge is -2.05. The quantitative estimate of drug-likeness (QED) is 0.541. The summed E-state index contributed by atoms with van der Waals surface area (Å²) in [7, 11) is 0. The van der Waals surface area contributed by atoms with E-state index in [0.29, 0.717) is 6.61 Å². The van der Waals surface area contributed by atoms with Crippen molar-refractivity contribution < 1.29 is 18.3 Å². The minimum Gasteiger partial charge on any atom is -0.373 e. The number of Topliss-reactive ketones (excluding diaryl/α,β-unsaturated/α-hetero) is 1. The maximum absolute atomic E-state index is 13.2. The lowest BCUT2D eigenvalue weighted by molar-refractivity contribution is 0.0744. The maximum atomic E-state index is 13.2. The molecule has 17 heavy (non-hydrogen) atoms. The van der Waals surface area contributed by atoms with Crippen LogP contribution in [0.5, 0.6) is 0 Å². The number of carbonyl (C=O) groups is 1. The highest BCUT2D eigenvalue weighted by molar-refractivity contribution is 5.97. The van der Waals surface area contributed by atoms with Gasteiger partial charge in [-0.05, 0) is 18.6 Å². The zero-order valence-electron chi connectivity index (χ0n) is 9.84. The van der Waals surface area contributed by atoms with Crippen LogP contribution in [0.4, 0.5) is 8.78 Å². The standard InChI is InChI=1S/C13H16F2O2/c1-2-3-4-8-17-9-12(16)13-10(14)6-5-7-11(13)15/h5-7H,2-4,8-9H2,1H3. The molecule has 0 radical (unpaired) electrons. The molecule has 0 fully saturated rings. The van der Waals surface area contributed by atoms with Crippen molar-refractivity contribution in [3.63, 3.8) is 0 Å². The van der Waals surface area contributed by atoms with Crippen molar-refractivity contribution in [3.8, 4) is 0 Å². The van der Waals surface area contributed by atoms with Crippen LogP contribution in [0.2, 0.25) is 0 Å². The molecule has 0 aliphatic rings. The van der Waals surface area contributed by atoms with E-state index in [1.165, 1.54) is 6.07 Å². The van der Waals surface area contributed by atoms with Crippen molar-refractivity contribution in [2.45, 2.75) is 26.2 Å². The van der Waals surface area contributed by atoms with Gasteiger partial charge in [-0.2, -0.15) is 0 Å². The second-order valence-corrected chi connectivity index (χ2v) is 3.78. The maximum Gasteiger partial charge on any atom is 0.194 e. The van der Waals surface area contributed by atoms with E-state index < -0.39 is 23.0 Å². The second kappa shape index (κ2) is 7.12. The molecule has 0 atom stereocenters. The van der Waals surface area contributed by atoms with Crippen molar-refractivity contribution in [1.29, 1.82) is 0 Å². The molecule has 0 saturated carbocycles.